The molecule has 2 aromatic heterocycles. The molecule has 0 saturated heterocycles. The Hall–Kier alpha value is -2.44. The van der Waals surface area contributed by atoms with Crippen LogP contribution < -0.4 is 10.6 Å². The second-order valence-electron chi connectivity index (χ2n) is 3.93. The molecule has 0 spiro atoms. The number of rotatable bonds is 6. The number of aromatic nitrogens is 4. The zero-order valence-corrected chi connectivity index (χ0v) is 10.7. The zero-order valence-electron chi connectivity index (χ0n) is 10.7. The average molecular weight is 260 g/mol. The SMILES string of the molecule is CNc1cnc(C(=O)NCCCc2ncc[nH]2)cn1. The summed E-state index contributed by atoms with van der Waals surface area (Å²) in [5.41, 5.74) is 0.317. The summed E-state index contributed by atoms with van der Waals surface area (Å²) in [6, 6.07) is 0. The topological polar surface area (TPSA) is 95.6 Å². The number of aryl methyl sites for hydroxylation is 1. The van der Waals surface area contributed by atoms with Crippen LogP contribution in [0.2, 0.25) is 0 Å². The number of nitrogens with zero attached hydrogens (tertiary/aromatic N) is 3. The van der Waals surface area contributed by atoms with Crippen LogP contribution in [0.3, 0.4) is 0 Å². The third-order valence-electron chi connectivity index (χ3n) is 2.57. The van der Waals surface area contributed by atoms with Gasteiger partial charge in [0, 0.05) is 32.4 Å². The summed E-state index contributed by atoms with van der Waals surface area (Å²) in [6.45, 7) is 0.578. The van der Waals surface area contributed by atoms with E-state index in [2.05, 4.69) is 30.6 Å². The van der Waals surface area contributed by atoms with E-state index in [-0.39, 0.29) is 5.91 Å². The van der Waals surface area contributed by atoms with Crippen LogP contribution >= 0.6 is 0 Å². The Balaban J connectivity index is 1.74. The number of anilines is 1. The monoisotopic (exact) mass is 260 g/mol. The Morgan fingerprint density at radius 1 is 1.32 bits per heavy atom. The molecule has 0 aromatic carbocycles. The minimum absolute atomic E-state index is 0.213. The van der Waals surface area contributed by atoms with Crippen molar-refractivity contribution in [1.29, 1.82) is 0 Å². The molecule has 0 aliphatic rings. The Kier molecular flexibility index (Phi) is 4.44. The lowest BCUT2D eigenvalue weighted by Gasteiger charge is -2.04. The number of imidazole rings is 1. The van der Waals surface area contributed by atoms with E-state index in [0.717, 1.165) is 18.7 Å². The van der Waals surface area contributed by atoms with Gasteiger partial charge in [-0.3, -0.25) is 4.79 Å². The summed E-state index contributed by atoms with van der Waals surface area (Å²) >= 11 is 0. The van der Waals surface area contributed by atoms with Crippen molar-refractivity contribution in [1.82, 2.24) is 25.3 Å². The first-order valence-corrected chi connectivity index (χ1v) is 6.06. The number of hydrogen-bond donors (Lipinski definition) is 3. The van der Waals surface area contributed by atoms with Gasteiger partial charge >= 0.3 is 0 Å². The molecule has 0 saturated carbocycles. The third kappa shape index (κ3) is 3.77. The fourth-order valence-electron chi connectivity index (χ4n) is 1.56. The maximum Gasteiger partial charge on any atom is 0.271 e. The molecule has 0 aliphatic heterocycles. The smallest absolute Gasteiger partial charge is 0.271 e. The lowest BCUT2D eigenvalue weighted by molar-refractivity contribution is 0.0948. The van der Waals surface area contributed by atoms with Gasteiger partial charge in [-0.1, -0.05) is 0 Å². The molecule has 2 aromatic rings. The van der Waals surface area contributed by atoms with Crippen molar-refractivity contribution >= 4 is 11.7 Å². The highest BCUT2D eigenvalue weighted by Crippen LogP contribution is 1.99. The average Bonchev–Trinajstić information content (AvgIpc) is 2.96. The number of carbonyl (C=O) groups is 1. The quantitative estimate of drug-likeness (QED) is 0.661. The molecule has 0 unspecified atom stereocenters. The van der Waals surface area contributed by atoms with E-state index in [9.17, 15) is 4.79 Å². The van der Waals surface area contributed by atoms with Crippen LogP contribution in [0.4, 0.5) is 5.82 Å². The summed E-state index contributed by atoms with van der Waals surface area (Å²) in [5, 5.41) is 5.64. The lowest BCUT2D eigenvalue weighted by atomic mass is 10.3. The molecule has 7 heteroatoms. The fourth-order valence-corrected chi connectivity index (χ4v) is 1.56. The highest BCUT2D eigenvalue weighted by molar-refractivity contribution is 5.91. The highest BCUT2D eigenvalue weighted by Gasteiger charge is 2.06. The van der Waals surface area contributed by atoms with E-state index in [1.165, 1.54) is 12.4 Å². The minimum atomic E-state index is -0.213. The van der Waals surface area contributed by atoms with Gasteiger partial charge in [-0.25, -0.2) is 15.0 Å². The second kappa shape index (κ2) is 6.48. The van der Waals surface area contributed by atoms with E-state index < -0.39 is 0 Å². The Morgan fingerprint density at radius 3 is 2.84 bits per heavy atom. The second-order valence-corrected chi connectivity index (χ2v) is 3.93. The number of nitrogens with one attached hydrogen (secondary N) is 3. The third-order valence-corrected chi connectivity index (χ3v) is 2.57. The molecular formula is C12H16N6O. The standard InChI is InChI=1S/C12H16N6O/c1-13-11-8-17-9(7-18-11)12(19)16-4-2-3-10-14-5-6-15-10/h5-8H,2-4H2,1H3,(H,13,18)(H,14,15)(H,16,19). The van der Waals surface area contributed by atoms with Gasteiger partial charge in [-0.2, -0.15) is 0 Å². The normalized spacial score (nSPS) is 10.2. The zero-order chi connectivity index (χ0) is 13.5. The van der Waals surface area contributed by atoms with Crippen LogP contribution in [0.5, 0.6) is 0 Å². The van der Waals surface area contributed by atoms with Crippen molar-refractivity contribution in [2.75, 3.05) is 18.9 Å². The van der Waals surface area contributed by atoms with Crippen LogP contribution in [0.25, 0.3) is 0 Å². The number of amides is 1. The summed E-state index contributed by atoms with van der Waals surface area (Å²) in [4.78, 5) is 26.9. The Bertz CT molecular complexity index is 508. The molecular weight excluding hydrogens is 244 g/mol. The van der Waals surface area contributed by atoms with Crippen LogP contribution in [0.1, 0.15) is 22.7 Å². The molecule has 0 bridgehead atoms. The van der Waals surface area contributed by atoms with Gasteiger partial charge in [0.05, 0.1) is 12.4 Å². The van der Waals surface area contributed by atoms with Gasteiger partial charge in [-0.15, -0.1) is 0 Å². The minimum Gasteiger partial charge on any atom is -0.372 e. The summed E-state index contributed by atoms with van der Waals surface area (Å²) < 4.78 is 0. The largest absolute Gasteiger partial charge is 0.372 e. The molecule has 0 fully saturated rings. The number of aromatic amines is 1. The van der Waals surface area contributed by atoms with Gasteiger partial charge in [0.1, 0.15) is 17.3 Å². The van der Waals surface area contributed by atoms with Crippen molar-refractivity contribution in [3.05, 3.63) is 36.3 Å². The molecule has 3 N–H and O–H groups in total. The maximum atomic E-state index is 11.7. The van der Waals surface area contributed by atoms with Crippen molar-refractivity contribution in [3.63, 3.8) is 0 Å². The van der Waals surface area contributed by atoms with E-state index in [1.807, 2.05) is 0 Å². The lowest BCUT2D eigenvalue weighted by Crippen LogP contribution is -2.26. The van der Waals surface area contributed by atoms with E-state index >= 15 is 0 Å². The van der Waals surface area contributed by atoms with Gasteiger partial charge in [0.15, 0.2) is 0 Å². The van der Waals surface area contributed by atoms with E-state index in [0.29, 0.717) is 18.1 Å². The first-order chi connectivity index (χ1) is 9.29. The van der Waals surface area contributed by atoms with Crippen LogP contribution in [0, 0.1) is 0 Å². The summed E-state index contributed by atoms with van der Waals surface area (Å²) in [6.07, 6.45) is 8.10. The van der Waals surface area contributed by atoms with Crippen molar-refractivity contribution in [3.8, 4) is 0 Å². The van der Waals surface area contributed by atoms with Crippen LogP contribution in [-0.4, -0.2) is 39.4 Å². The van der Waals surface area contributed by atoms with Crippen molar-refractivity contribution in [2.45, 2.75) is 12.8 Å². The summed E-state index contributed by atoms with van der Waals surface area (Å²) in [5.74, 6) is 1.34. The molecule has 1 amide bonds. The predicted molar refractivity (Wildman–Crippen MR) is 70.8 cm³/mol. The molecule has 100 valence electrons. The van der Waals surface area contributed by atoms with Crippen molar-refractivity contribution < 1.29 is 4.79 Å². The predicted octanol–water partition coefficient (Wildman–Crippen LogP) is 0.604. The molecule has 19 heavy (non-hydrogen) atoms. The number of H-pyrrole nitrogens is 1. The van der Waals surface area contributed by atoms with Crippen LogP contribution in [0.15, 0.2) is 24.8 Å². The fraction of sp³-hybridized carbons (Fsp3) is 0.333. The molecule has 7 nitrogen and oxygen atoms in total. The maximum absolute atomic E-state index is 11.7. The van der Waals surface area contributed by atoms with Gasteiger partial charge in [-0.05, 0) is 6.42 Å². The number of hydrogen-bond acceptors (Lipinski definition) is 5. The van der Waals surface area contributed by atoms with Crippen molar-refractivity contribution in [2.24, 2.45) is 0 Å². The molecule has 0 aliphatic carbocycles. The molecule has 0 radical (unpaired) electrons. The van der Waals surface area contributed by atoms with Gasteiger partial charge < -0.3 is 15.6 Å². The highest BCUT2D eigenvalue weighted by atomic mass is 16.1. The molecule has 2 rings (SSSR count). The summed E-state index contributed by atoms with van der Waals surface area (Å²) in [7, 11) is 1.75. The number of carbonyl (C=O) groups excluding carboxylic acids is 1. The first-order valence-electron chi connectivity index (χ1n) is 6.06. The van der Waals surface area contributed by atoms with E-state index in [1.54, 1.807) is 19.4 Å². The Labute approximate surface area is 110 Å². The Morgan fingerprint density at radius 2 is 2.21 bits per heavy atom. The molecule has 0 atom stereocenters. The van der Waals surface area contributed by atoms with Gasteiger partial charge in [0.2, 0.25) is 0 Å². The first kappa shape index (κ1) is 13.0. The van der Waals surface area contributed by atoms with Crippen LogP contribution in [-0.2, 0) is 6.42 Å². The molecule has 2 heterocycles. The van der Waals surface area contributed by atoms with Gasteiger partial charge in [0.25, 0.3) is 5.91 Å². The van der Waals surface area contributed by atoms with E-state index in [4.69, 9.17) is 0 Å².